The highest BCUT2D eigenvalue weighted by molar-refractivity contribution is 5.85. The quantitative estimate of drug-likeness (QED) is 0.844. The molecule has 0 aliphatic carbocycles. The van der Waals surface area contributed by atoms with Crippen LogP contribution in [0.5, 0.6) is 0 Å². The summed E-state index contributed by atoms with van der Waals surface area (Å²) in [5.41, 5.74) is 4.06. The standard InChI is InChI=1S/C10H6F3N3.ClH/c11-10(12,13)9(16)8-6(4-14)2-1-3-7(8)5-15;/h1-3,9H,16H2;1H/t9-;/m1./s1. The van der Waals surface area contributed by atoms with Gasteiger partial charge in [-0.05, 0) is 12.1 Å². The van der Waals surface area contributed by atoms with Crippen molar-refractivity contribution < 1.29 is 13.2 Å². The van der Waals surface area contributed by atoms with Gasteiger partial charge in [-0.15, -0.1) is 12.4 Å². The van der Waals surface area contributed by atoms with E-state index in [1.165, 1.54) is 18.2 Å². The summed E-state index contributed by atoms with van der Waals surface area (Å²) in [6.07, 6.45) is -4.68. The first-order valence-corrected chi connectivity index (χ1v) is 4.17. The van der Waals surface area contributed by atoms with Gasteiger partial charge in [0.2, 0.25) is 0 Å². The first kappa shape index (κ1) is 15.2. The molecule has 3 nitrogen and oxygen atoms in total. The molecule has 90 valence electrons. The predicted molar refractivity (Wildman–Crippen MR) is 56.1 cm³/mol. The lowest BCUT2D eigenvalue weighted by atomic mass is 9.96. The van der Waals surface area contributed by atoms with Gasteiger partial charge >= 0.3 is 6.18 Å². The highest BCUT2D eigenvalue weighted by Crippen LogP contribution is 2.33. The van der Waals surface area contributed by atoms with Gasteiger partial charge in [0, 0.05) is 5.56 Å². The second kappa shape index (κ2) is 5.53. The average molecular weight is 262 g/mol. The maximum Gasteiger partial charge on any atom is 0.407 e. The Balaban J connectivity index is 0.00000256. The first-order chi connectivity index (χ1) is 7.41. The van der Waals surface area contributed by atoms with E-state index in [9.17, 15) is 13.2 Å². The Kier molecular flexibility index (Phi) is 4.96. The smallest absolute Gasteiger partial charge is 0.316 e. The summed E-state index contributed by atoms with van der Waals surface area (Å²) in [5, 5.41) is 17.3. The third-order valence-electron chi connectivity index (χ3n) is 2.01. The lowest BCUT2D eigenvalue weighted by Gasteiger charge is -2.17. The fourth-order valence-electron chi connectivity index (χ4n) is 1.26. The van der Waals surface area contributed by atoms with Crippen LogP contribution in [0.2, 0.25) is 0 Å². The Morgan fingerprint density at radius 2 is 1.53 bits per heavy atom. The number of alkyl halides is 3. The van der Waals surface area contributed by atoms with E-state index in [1.54, 1.807) is 12.1 Å². The molecule has 0 aromatic heterocycles. The molecule has 2 N–H and O–H groups in total. The summed E-state index contributed by atoms with van der Waals surface area (Å²) in [6, 6.07) is 4.59. The minimum atomic E-state index is -4.68. The molecule has 0 saturated carbocycles. The van der Waals surface area contributed by atoms with E-state index in [4.69, 9.17) is 16.3 Å². The second-order valence-corrected chi connectivity index (χ2v) is 3.01. The van der Waals surface area contributed by atoms with Crippen molar-refractivity contribution in [2.45, 2.75) is 12.2 Å². The van der Waals surface area contributed by atoms with E-state index in [0.29, 0.717) is 0 Å². The molecule has 0 fully saturated rings. The van der Waals surface area contributed by atoms with Gasteiger partial charge in [-0.2, -0.15) is 23.7 Å². The Morgan fingerprint density at radius 3 is 1.82 bits per heavy atom. The fraction of sp³-hybridized carbons (Fsp3) is 0.200. The maximum atomic E-state index is 12.4. The third-order valence-corrected chi connectivity index (χ3v) is 2.01. The lowest BCUT2D eigenvalue weighted by Crippen LogP contribution is -2.30. The van der Waals surface area contributed by atoms with Gasteiger partial charge in [-0.3, -0.25) is 0 Å². The van der Waals surface area contributed by atoms with Gasteiger partial charge in [0.1, 0.15) is 6.04 Å². The number of halogens is 4. The third kappa shape index (κ3) is 3.10. The molecule has 1 aromatic rings. The lowest BCUT2D eigenvalue weighted by molar-refractivity contribution is -0.149. The molecule has 0 saturated heterocycles. The van der Waals surface area contributed by atoms with E-state index < -0.39 is 17.8 Å². The van der Waals surface area contributed by atoms with E-state index in [0.717, 1.165) is 0 Å². The minimum Gasteiger partial charge on any atom is -0.316 e. The fourth-order valence-corrected chi connectivity index (χ4v) is 1.26. The van der Waals surface area contributed by atoms with Gasteiger partial charge in [0.15, 0.2) is 0 Å². The van der Waals surface area contributed by atoms with Crippen LogP contribution in [0.15, 0.2) is 18.2 Å². The van der Waals surface area contributed by atoms with Crippen molar-refractivity contribution in [3.63, 3.8) is 0 Å². The van der Waals surface area contributed by atoms with Crippen molar-refractivity contribution in [1.29, 1.82) is 10.5 Å². The van der Waals surface area contributed by atoms with Crippen LogP contribution in [0.4, 0.5) is 13.2 Å². The van der Waals surface area contributed by atoms with Gasteiger partial charge in [-0.1, -0.05) is 6.07 Å². The van der Waals surface area contributed by atoms with Crippen LogP contribution in [-0.4, -0.2) is 6.18 Å². The molecule has 0 unspecified atom stereocenters. The molecule has 17 heavy (non-hydrogen) atoms. The summed E-state index contributed by atoms with van der Waals surface area (Å²) in [6.45, 7) is 0. The number of rotatable bonds is 1. The molecule has 0 spiro atoms. The highest BCUT2D eigenvalue weighted by atomic mass is 35.5. The molecule has 0 heterocycles. The average Bonchev–Trinajstić information content (AvgIpc) is 2.25. The van der Waals surface area contributed by atoms with Crippen molar-refractivity contribution in [2.75, 3.05) is 0 Å². The summed E-state index contributed by atoms with van der Waals surface area (Å²) < 4.78 is 37.3. The Labute approximate surface area is 102 Å². The van der Waals surface area contributed by atoms with E-state index in [2.05, 4.69) is 0 Å². The minimum absolute atomic E-state index is 0. The van der Waals surface area contributed by atoms with Crippen LogP contribution < -0.4 is 5.73 Å². The van der Waals surface area contributed by atoms with Gasteiger partial charge in [0.25, 0.3) is 0 Å². The Bertz CT molecular complexity index is 453. The summed E-state index contributed by atoms with van der Waals surface area (Å²) >= 11 is 0. The summed E-state index contributed by atoms with van der Waals surface area (Å²) in [7, 11) is 0. The van der Waals surface area contributed by atoms with Crippen molar-refractivity contribution in [2.24, 2.45) is 5.73 Å². The molecular weight excluding hydrogens is 255 g/mol. The molecule has 0 aliphatic rings. The van der Waals surface area contributed by atoms with Crippen molar-refractivity contribution in [3.05, 3.63) is 34.9 Å². The van der Waals surface area contributed by atoms with Crippen LogP contribution in [0.1, 0.15) is 22.7 Å². The number of nitriles is 2. The normalized spacial score (nSPS) is 11.9. The molecule has 0 radical (unpaired) electrons. The molecule has 0 aliphatic heterocycles. The largest absolute Gasteiger partial charge is 0.407 e. The molecule has 1 atom stereocenters. The Hall–Kier alpha value is -1.76. The van der Waals surface area contributed by atoms with Crippen LogP contribution in [-0.2, 0) is 0 Å². The molecule has 0 amide bonds. The van der Waals surface area contributed by atoms with E-state index in [-0.39, 0.29) is 23.5 Å². The number of nitrogens with two attached hydrogens (primary N) is 1. The van der Waals surface area contributed by atoms with Gasteiger partial charge in [-0.25, -0.2) is 0 Å². The van der Waals surface area contributed by atoms with Gasteiger partial charge in [0.05, 0.1) is 23.3 Å². The number of benzene rings is 1. The second-order valence-electron chi connectivity index (χ2n) is 3.01. The molecular formula is C10H7ClF3N3. The van der Waals surface area contributed by atoms with Crippen molar-refractivity contribution in [1.82, 2.24) is 0 Å². The number of hydrogen-bond donors (Lipinski definition) is 1. The highest BCUT2D eigenvalue weighted by Gasteiger charge is 2.40. The van der Waals surface area contributed by atoms with Gasteiger partial charge < -0.3 is 5.73 Å². The first-order valence-electron chi connectivity index (χ1n) is 4.17. The zero-order chi connectivity index (χ0) is 12.3. The number of hydrogen-bond acceptors (Lipinski definition) is 3. The molecule has 1 aromatic carbocycles. The predicted octanol–water partition coefficient (Wildman–Crippen LogP) is 2.41. The monoisotopic (exact) mass is 261 g/mol. The van der Waals surface area contributed by atoms with Crippen molar-refractivity contribution >= 4 is 12.4 Å². The molecule has 7 heteroatoms. The zero-order valence-electron chi connectivity index (χ0n) is 8.32. The van der Waals surface area contributed by atoms with Crippen LogP contribution in [0.25, 0.3) is 0 Å². The van der Waals surface area contributed by atoms with Crippen molar-refractivity contribution in [3.8, 4) is 12.1 Å². The number of nitrogens with zero attached hydrogens (tertiary/aromatic N) is 2. The Morgan fingerprint density at radius 1 is 1.12 bits per heavy atom. The van der Waals surface area contributed by atoms with Crippen LogP contribution in [0.3, 0.4) is 0 Å². The summed E-state index contributed by atoms with van der Waals surface area (Å²) in [5.74, 6) is 0. The maximum absolute atomic E-state index is 12.4. The van der Waals surface area contributed by atoms with E-state index >= 15 is 0 Å². The SMILES string of the molecule is Cl.N#Cc1cccc(C#N)c1[C@@H](N)C(F)(F)F. The molecule has 1 rings (SSSR count). The molecule has 0 bridgehead atoms. The van der Waals surface area contributed by atoms with E-state index in [1.807, 2.05) is 0 Å². The van der Waals surface area contributed by atoms with Crippen LogP contribution >= 0.6 is 12.4 Å². The summed E-state index contributed by atoms with van der Waals surface area (Å²) in [4.78, 5) is 0. The topological polar surface area (TPSA) is 73.6 Å². The van der Waals surface area contributed by atoms with Crippen LogP contribution in [0, 0.1) is 22.7 Å². The zero-order valence-corrected chi connectivity index (χ0v) is 9.14.